The summed E-state index contributed by atoms with van der Waals surface area (Å²) in [4.78, 5) is 34.2. The molecule has 0 fully saturated rings. The predicted octanol–water partition coefficient (Wildman–Crippen LogP) is 4.65. The predicted molar refractivity (Wildman–Crippen MR) is 120 cm³/mol. The van der Waals surface area contributed by atoms with Crippen molar-refractivity contribution in [3.05, 3.63) is 64.6 Å². The maximum atomic E-state index is 14.6. The summed E-state index contributed by atoms with van der Waals surface area (Å²) >= 11 is 1.16. The molecule has 0 aliphatic carbocycles. The van der Waals surface area contributed by atoms with Gasteiger partial charge in [0.05, 0.1) is 17.6 Å². The Morgan fingerprint density at radius 2 is 1.97 bits per heavy atom. The highest BCUT2D eigenvalue weighted by Crippen LogP contribution is 2.29. The van der Waals surface area contributed by atoms with Gasteiger partial charge >= 0.3 is 6.03 Å². The molecule has 0 aliphatic heterocycles. The highest BCUT2D eigenvalue weighted by Gasteiger charge is 2.18. The molecule has 0 radical (unpaired) electrons. The van der Waals surface area contributed by atoms with E-state index >= 15 is 0 Å². The summed E-state index contributed by atoms with van der Waals surface area (Å²) in [6, 6.07) is 6.77. The summed E-state index contributed by atoms with van der Waals surface area (Å²) < 4.78 is 24.6. The van der Waals surface area contributed by atoms with Crippen LogP contribution in [0, 0.1) is 5.82 Å². The first-order chi connectivity index (χ1) is 15.2. The number of rotatable bonds is 4. The summed E-state index contributed by atoms with van der Waals surface area (Å²) in [5.41, 5.74) is 0.885. The zero-order valence-electron chi connectivity index (χ0n) is 17.4. The number of amides is 2. The molecule has 3 N–H and O–H groups in total. The number of fused-ring (bicyclic) bond motifs is 1. The standard InChI is InChI=1S/C21H19FN6O3S/c1-21(2,3)15-9-17(32-28-15)27-20(30)25-13-5-4-11(8-12(13)22)31-14-6-7-23-19-18(14)24-10-16(29)26-19/h4-10H,1-3H3,(H,23,26,29)(H2,25,27,30). The van der Waals surface area contributed by atoms with Crippen molar-refractivity contribution < 1.29 is 13.9 Å². The Kier molecular flexibility index (Phi) is 5.57. The average molecular weight is 454 g/mol. The molecule has 0 bridgehead atoms. The molecule has 4 aromatic rings. The van der Waals surface area contributed by atoms with Crippen LogP contribution >= 0.6 is 11.5 Å². The number of pyridine rings is 1. The fourth-order valence-electron chi connectivity index (χ4n) is 2.75. The first-order valence-electron chi connectivity index (χ1n) is 9.56. The van der Waals surface area contributed by atoms with Crippen LogP contribution in [0.5, 0.6) is 11.5 Å². The highest BCUT2D eigenvalue weighted by molar-refractivity contribution is 7.10. The van der Waals surface area contributed by atoms with E-state index in [9.17, 15) is 14.0 Å². The normalized spacial score (nSPS) is 11.4. The Morgan fingerprint density at radius 3 is 2.69 bits per heavy atom. The summed E-state index contributed by atoms with van der Waals surface area (Å²) in [5.74, 6) is -0.202. The number of aromatic amines is 1. The Hall–Kier alpha value is -3.86. The first-order valence-corrected chi connectivity index (χ1v) is 10.3. The van der Waals surface area contributed by atoms with E-state index in [-0.39, 0.29) is 22.5 Å². The van der Waals surface area contributed by atoms with Crippen molar-refractivity contribution in [2.24, 2.45) is 0 Å². The Bertz CT molecular complexity index is 1360. The molecule has 1 aromatic carbocycles. The number of hydrogen-bond acceptors (Lipinski definition) is 7. The van der Waals surface area contributed by atoms with Crippen molar-refractivity contribution in [2.75, 3.05) is 10.6 Å². The molecule has 3 aromatic heterocycles. The number of urea groups is 1. The lowest BCUT2D eigenvalue weighted by Crippen LogP contribution is -2.19. The third-order valence-electron chi connectivity index (χ3n) is 4.37. The van der Waals surface area contributed by atoms with Crippen molar-refractivity contribution in [2.45, 2.75) is 26.2 Å². The number of H-pyrrole nitrogens is 1. The van der Waals surface area contributed by atoms with E-state index < -0.39 is 17.4 Å². The molecule has 0 saturated carbocycles. The van der Waals surface area contributed by atoms with Crippen LogP contribution in [0.2, 0.25) is 0 Å². The van der Waals surface area contributed by atoms with Crippen LogP contribution in [-0.4, -0.2) is 25.4 Å². The lowest BCUT2D eigenvalue weighted by molar-refractivity contribution is 0.262. The fraction of sp³-hybridized carbons (Fsp3) is 0.190. The average Bonchev–Trinajstić information content (AvgIpc) is 3.19. The van der Waals surface area contributed by atoms with E-state index in [2.05, 4.69) is 30.0 Å². The fourth-order valence-corrected chi connectivity index (χ4v) is 3.57. The van der Waals surface area contributed by atoms with Crippen LogP contribution in [0.1, 0.15) is 26.5 Å². The van der Waals surface area contributed by atoms with Gasteiger partial charge in [0.2, 0.25) is 0 Å². The minimum Gasteiger partial charge on any atom is -0.455 e. The molecule has 0 atom stereocenters. The summed E-state index contributed by atoms with van der Waals surface area (Å²) in [7, 11) is 0. The number of nitrogens with zero attached hydrogens (tertiary/aromatic N) is 3. The molecule has 0 aliphatic rings. The van der Waals surface area contributed by atoms with Crippen LogP contribution < -0.4 is 20.9 Å². The molecule has 11 heteroatoms. The Labute approximate surface area is 185 Å². The van der Waals surface area contributed by atoms with Crippen LogP contribution in [0.15, 0.2) is 47.5 Å². The third-order valence-corrected chi connectivity index (χ3v) is 5.08. The molecule has 0 spiro atoms. The van der Waals surface area contributed by atoms with Crippen molar-refractivity contribution in [3.63, 3.8) is 0 Å². The zero-order valence-corrected chi connectivity index (χ0v) is 18.2. The monoisotopic (exact) mass is 454 g/mol. The molecular weight excluding hydrogens is 435 g/mol. The minimum atomic E-state index is -0.683. The van der Waals surface area contributed by atoms with Gasteiger partial charge in [-0.15, -0.1) is 0 Å². The van der Waals surface area contributed by atoms with Gasteiger partial charge in [-0.1, -0.05) is 20.8 Å². The minimum absolute atomic E-state index is 0.0162. The van der Waals surface area contributed by atoms with Crippen molar-refractivity contribution in [1.29, 1.82) is 0 Å². The van der Waals surface area contributed by atoms with Gasteiger partial charge in [0.25, 0.3) is 5.56 Å². The molecule has 0 unspecified atom stereocenters. The van der Waals surface area contributed by atoms with Gasteiger partial charge in [-0.2, -0.15) is 4.37 Å². The Balaban J connectivity index is 1.46. The summed E-state index contributed by atoms with van der Waals surface area (Å²) in [6.45, 7) is 6.07. The van der Waals surface area contributed by atoms with E-state index in [1.54, 1.807) is 12.1 Å². The molecular formula is C21H19FN6O3S. The molecule has 32 heavy (non-hydrogen) atoms. The quantitative estimate of drug-likeness (QED) is 0.413. The van der Waals surface area contributed by atoms with E-state index in [0.29, 0.717) is 16.3 Å². The number of carbonyl (C=O) groups excluding carboxylic acids is 1. The van der Waals surface area contributed by atoms with E-state index in [0.717, 1.165) is 29.5 Å². The largest absolute Gasteiger partial charge is 0.455 e. The molecule has 3 heterocycles. The molecule has 9 nitrogen and oxygen atoms in total. The number of halogens is 1. The summed E-state index contributed by atoms with van der Waals surface area (Å²) in [6.07, 6.45) is 2.55. The smallest absolute Gasteiger partial charge is 0.324 e. The topological polar surface area (TPSA) is 122 Å². The SMILES string of the molecule is CC(C)(C)c1cc(NC(=O)Nc2ccc(Oc3ccnc4[nH]c(=O)cnc34)cc2F)sn1. The first kappa shape index (κ1) is 21.4. The second-order valence-electron chi connectivity index (χ2n) is 7.90. The number of ether oxygens (including phenoxy) is 1. The molecule has 4 rings (SSSR count). The van der Waals surface area contributed by atoms with Crippen molar-refractivity contribution in [3.8, 4) is 11.5 Å². The van der Waals surface area contributed by atoms with Gasteiger partial charge < -0.3 is 15.0 Å². The zero-order chi connectivity index (χ0) is 22.9. The molecule has 2 amide bonds. The number of anilines is 2. The van der Waals surface area contributed by atoms with Gasteiger partial charge in [-0.05, 0) is 29.7 Å². The van der Waals surface area contributed by atoms with Crippen molar-refractivity contribution in [1.82, 2.24) is 19.3 Å². The summed E-state index contributed by atoms with van der Waals surface area (Å²) in [5, 5.41) is 5.68. The maximum Gasteiger partial charge on any atom is 0.324 e. The van der Waals surface area contributed by atoms with Crippen LogP contribution in [0.25, 0.3) is 11.2 Å². The van der Waals surface area contributed by atoms with Gasteiger partial charge in [0.15, 0.2) is 11.4 Å². The third kappa shape index (κ3) is 4.72. The second-order valence-corrected chi connectivity index (χ2v) is 8.71. The van der Waals surface area contributed by atoms with Crippen LogP contribution in [0.4, 0.5) is 19.9 Å². The highest BCUT2D eigenvalue weighted by atomic mass is 32.1. The second kappa shape index (κ2) is 8.35. The Morgan fingerprint density at radius 1 is 1.16 bits per heavy atom. The number of aromatic nitrogens is 4. The van der Waals surface area contributed by atoms with Crippen molar-refractivity contribution >= 4 is 39.4 Å². The van der Waals surface area contributed by atoms with Gasteiger partial charge in [-0.3, -0.25) is 10.1 Å². The molecule has 164 valence electrons. The van der Waals surface area contributed by atoms with Gasteiger partial charge in [0, 0.05) is 23.7 Å². The van der Waals surface area contributed by atoms with E-state index in [1.165, 1.54) is 18.3 Å². The number of carbonyl (C=O) groups is 1. The number of nitrogens with one attached hydrogen (secondary N) is 3. The van der Waals surface area contributed by atoms with E-state index in [4.69, 9.17) is 4.74 Å². The maximum absolute atomic E-state index is 14.6. The lowest BCUT2D eigenvalue weighted by Gasteiger charge is -2.13. The van der Waals surface area contributed by atoms with E-state index in [1.807, 2.05) is 20.8 Å². The number of hydrogen-bond donors (Lipinski definition) is 3. The van der Waals surface area contributed by atoms with Gasteiger partial charge in [0.1, 0.15) is 22.1 Å². The molecule has 0 saturated heterocycles. The van der Waals surface area contributed by atoms with Gasteiger partial charge in [-0.25, -0.2) is 19.2 Å². The van der Waals surface area contributed by atoms with Crippen LogP contribution in [-0.2, 0) is 5.41 Å². The van der Waals surface area contributed by atoms with Crippen LogP contribution in [0.3, 0.4) is 0 Å². The number of benzene rings is 1. The lowest BCUT2D eigenvalue weighted by atomic mass is 9.92.